The molecule has 0 radical (unpaired) electrons. The molecule has 36 heavy (non-hydrogen) atoms. The Bertz CT molecular complexity index is 1460. The van der Waals surface area contributed by atoms with E-state index < -0.39 is 0 Å². The zero-order chi connectivity index (χ0) is 24.9. The number of fused-ring (bicyclic) bond motifs is 1. The number of hydrogen-bond donors (Lipinski definition) is 0. The largest absolute Gasteiger partial charge is 0.497 e. The molecule has 0 saturated carbocycles. The van der Waals surface area contributed by atoms with Crippen LogP contribution in [0.2, 0.25) is 0 Å². The van der Waals surface area contributed by atoms with Gasteiger partial charge in [-0.25, -0.2) is 9.83 Å². The molecule has 1 heterocycles. The normalized spacial score (nSPS) is 11.2. The first-order valence-electron chi connectivity index (χ1n) is 11.3. The highest BCUT2D eigenvalue weighted by Gasteiger charge is 2.14. The second kappa shape index (κ2) is 10.1. The maximum atomic E-state index is 7.65. The van der Waals surface area contributed by atoms with Gasteiger partial charge in [0.05, 0.1) is 20.8 Å². The number of oxazole rings is 1. The molecule has 1 aromatic heterocycles. The van der Waals surface area contributed by atoms with Gasteiger partial charge in [-0.05, 0) is 84.4 Å². The number of methoxy groups -OCH3 is 2. The van der Waals surface area contributed by atoms with E-state index in [4.69, 9.17) is 20.5 Å². The van der Waals surface area contributed by atoms with E-state index >= 15 is 0 Å². The summed E-state index contributed by atoms with van der Waals surface area (Å²) in [6.45, 7) is 7.65. The van der Waals surface area contributed by atoms with E-state index in [1.807, 2.05) is 97.1 Å². The van der Waals surface area contributed by atoms with E-state index in [-0.39, 0.29) is 0 Å². The minimum atomic E-state index is 0.313. The Morgan fingerprint density at radius 2 is 1.31 bits per heavy atom. The molecule has 0 fully saturated rings. The predicted octanol–water partition coefficient (Wildman–Crippen LogP) is 7.73. The van der Waals surface area contributed by atoms with E-state index in [1.165, 1.54) is 0 Å². The van der Waals surface area contributed by atoms with Gasteiger partial charge >= 0.3 is 0 Å². The molecule has 5 aromatic rings. The smallest absolute Gasteiger partial charge is 0.248 e. The van der Waals surface area contributed by atoms with Crippen LogP contribution < -0.4 is 14.4 Å². The lowest BCUT2D eigenvalue weighted by Gasteiger charge is -2.26. The van der Waals surface area contributed by atoms with Gasteiger partial charge in [-0.2, -0.15) is 0 Å². The van der Waals surface area contributed by atoms with Crippen LogP contribution in [0.25, 0.3) is 27.7 Å². The highest BCUT2D eigenvalue weighted by Crippen LogP contribution is 2.36. The summed E-state index contributed by atoms with van der Waals surface area (Å²) in [6.07, 6.45) is 1.78. The second-order valence-corrected chi connectivity index (χ2v) is 7.95. The van der Waals surface area contributed by atoms with Crippen LogP contribution in [-0.4, -0.2) is 19.2 Å². The van der Waals surface area contributed by atoms with Gasteiger partial charge in [0.25, 0.3) is 0 Å². The Morgan fingerprint density at radius 1 is 0.778 bits per heavy atom. The summed E-state index contributed by atoms with van der Waals surface area (Å²) in [5.41, 5.74) is 5.54. The Balaban J connectivity index is 1.50. The fourth-order valence-corrected chi connectivity index (χ4v) is 3.91. The first-order valence-corrected chi connectivity index (χ1v) is 11.3. The van der Waals surface area contributed by atoms with Crippen LogP contribution in [0.5, 0.6) is 11.5 Å². The summed E-state index contributed by atoms with van der Waals surface area (Å²) < 4.78 is 16.4. The fraction of sp³-hybridized carbons (Fsp3) is 0.0667. The monoisotopic (exact) mass is 473 g/mol. The van der Waals surface area contributed by atoms with Gasteiger partial charge in [0, 0.05) is 17.1 Å². The molecule has 176 valence electrons. The summed E-state index contributed by atoms with van der Waals surface area (Å²) in [5.74, 6) is 1.90. The van der Waals surface area contributed by atoms with Crippen LogP contribution in [0.1, 0.15) is 11.5 Å². The number of rotatable bonds is 7. The van der Waals surface area contributed by atoms with Crippen molar-refractivity contribution < 1.29 is 13.9 Å². The Morgan fingerprint density at radius 3 is 1.81 bits per heavy atom. The summed E-state index contributed by atoms with van der Waals surface area (Å²) >= 11 is 0. The standard InChI is InChI=1S/C30H23N3O3/c1-31-28(30-32-27-6-4-5-7-29(27)36-30)20-21-8-10-22(11-9-21)33(23-12-16-25(34-2)17-13-23)24-14-18-26(35-3)19-15-24/h4-20H,2-3H3/b28-20-. The molecule has 0 aliphatic rings. The van der Waals surface area contributed by atoms with E-state index in [1.54, 1.807) is 20.3 Å². The van der Waals surface area contributed by atoms with Gasteiger partial charge in [0.15, 0.2) is 5.58 Å². The number of para-hydroxylation sites is 2. The van der Waals surface area contributed by atoms with Crippen molar-refractivity contribution in [2.75, 3.05) is 19.1 Å². The molecule has 6 nitrogen and oxygen atoms in total. The zero-order valence-corrected chi connectivity index (χ0v) is 19.9. The summed E-state index contributed by atoms with van der Waals surface area (Å²) in [7, 11) is 3.31. The SMILES string of the molecule is [C-]#[N+]/C(=C\c1ccc(N(c2ccc(OC)cc2)c2ccc(OC)cc2)cc1)c1nc2ccccc2o1. The average molecular weight is 474 g/mol. The summed E-state index contributed by atoms with van der Waals surface area (Å²) in [5, 5.41) is 0. The van der Waals surface area contributed by atoms with Crippen LogP contribution in [0.3, 0.4) is 0 Å². The van der Waals surface area contributed by atoms with Crippen molar-refractivity contribution in [3.05, 3.63) is 120 Å². The number of anilines is 3. The molecule has 0 N–H and O–H groups in total. The van der Waals surface area contributed by atoms with Crippen LogP contribution in [0.15, 0.2) is 101 Å². The third-order valence-electron chi connectivity index (χ3n) is 5.75. The first kappa shape index (κ1) is 22.8. The van der Waals surface area contributed by atoms with E-state index in [2.05, 4.69) is 14.7 Å². The third kappa shape index (κ3) is 4.63. The predicted molar refractivity (Wildman–Crippen MR) is 143 cm³/mol. The van der Waals surface area contributed by atoms with Gasteiger partial charge < -0.3 is 18.8 Å². The van der Waals surface area contributed by atoms with Crippen molar-refractivity contribution in [3.8, 4) is 11.5 Å². The van der Waals surface area contributed by atoms with Crippen LogP contribution >= 0.6 is 0 Å². The molecule has 0 amide bonds. The van der Waals surface area contributed by atoms with Gasteiger partial charge in [-0.1, -0.05) is 24.3 Å². The molecular weight excluding hydrogens is 450 g/mol. The number of ether oxygens (including phenoxy) is 2. The topological polar surface area (TPSA) is 52.1 Å². The molecule has 6 heteroatoms. The van der Waals surface area contributed by atoms with E-state index in [0.717, 1.165) is 39.6 Å². The number of hydrogen-bond acceptors (Lipinski definition) is 5. The molecule has 5 rings (SSSR count). The molecular formula is C30H23N3O3. The fourth-order valence-electron chi connectivity index (χ4n) is 3.91. The van der Waals surface area contributed by atoms with Crippen molar-refractivity contribution >= 4 is 39.9 Å². The molecule has 0 aliphatic carbocycles. The van der Waals surface area contributed by atoms with Crippen LogP contribution in [0.4, 0.5) is 17.1 Å². The molecule has 0 bridgehead atoms. The van der Waals surface area contributed by atoms with Crippen LogP contribution in [-0.2, 0) is 0 Å². The highest BCUT2D eigenvalue weighted by atomic mass is 16.5. The quantitative estimate of drug-likeness (QED) is 0.226. The minimum Gasteiger partial charge on any atom is -0.497 e. The molecule has 0 spiro atoms. The van der Waals surface area contributed by atoms with Crippen molar-refractivity contribution in [1.82, 2.24) is 4.98 Å². The van der Waals surface area contributed by atoms with Gasteiger partial charge in [-0.3, -0.25) is 0 Å². The maximum Gasteiger partial charge on any atom is 0.248 e. The zero-order valence-electron chi connectivity index (χ0n) is 19.9. The van der Waals surface area contributed by atoms with Crippen LogP contribution in [0, 0.1) is 6.57 Å². The summed E-state index contributed by atoms with van der Waals surface area (Å²) in [4.78, 5) is 10.3. The van der Waals surface area contributed by atoms with E-state index in [0.29, 0.717) is 17.2 Å². The lowest BCUT2D eigenvalue weighted by Crippen LogP contribution is -2.09. The number of nitrogens with zero attached hydrogens (tertiary/aromatic N) is 3. The van der Waals surface area contributed by atoms with Gasteiger partial charge in [0.2, 0.25) is 11.6 Å². The van der Waals surface area contributed by atoms with E-state index in [9.17, 15) is 0 Å². The lowest BCUT2D eigenvalue weighted by molar-refractivity contribution is 0.415. The van der Waals surface area contributed by atoms with Crippen molar-refractivity contribution in [1.29, 1.82) is 0 Å². The molecule has 0 aliphatic heterocycles. The lowest BCUT2D eigenvalue weighted by atomic mass is 10.1. The highest BCUT2D eigenvalue weighted by molar-refractivity contribution is 5.86. The number of benzene rings is 4. The Kier molecular flexibility index (Phi) is 6.37. The molecule has 0 atom stereocenters. The van der Waals surface area contributed by atoms with Crippen molar-refractivity contribution in [2.24, 2.45) is 0 Å². The molecule has 0 unspecified atom stereocenters. The van der Waals surface area contributed by atoms with Crippen molar-refractivity contribution in [2.45, 2.75) is 0 Å². The molecule has 0 saturated heterocycles. The minimum absolute atomic E-state index is 0.313. The molecule has 4 aromatic carbocycles. The third-order valence-corrected chi connectivity index (χ3v) is 5.75. The van der Waals surface area contributed by atoms with Crippen molar-refractivity contribution in [3.63, 3.8) is 0 Å². The average Bonchev–Trinajstić information content (AvgIpc) is 3.37. The maximum absolute atomic E-state index is 7.65. The Hall–Kier alpha value is -5.02. The first-order chi connectivity index (χ1) is 17.7. The van der Waals surface area contributed by atoms with Gasteiger partial charge in [0.1, 0.15) is 17.0 Å². The summed E-state index contributed by atoms with van der Waals surface area (Å²) in [6, 6.07) is 31.3. The second-order valence-electron chi connectivity index (χ2n) is 7.95. The van der Waals surface area contributed by atoms with Gasteiger partial charge in [-0.15, -0.1) is 0 Å². The number of aromatic nitrogens is 1. The Labute approximate surface area is 209 Å².